The fraction of sp³-hybridized carbons (Fsp3) is 0.500. The third-order valence-corrected chi connectivity index (χ3v) is 6.82. The summed E-state index contributed by atoms with van der Waals surface area (Å²) in [6.07, 6.45) is 4.21. The summed E-state index contributed by atoms with van der Waals surface area (Å²) < 4.78 is 21.1. The van der Waals surface area contributed by atoms with E-state index in [0.717, 1.165) is 12.1 Å². The van der Waals surface area contributed by atoms with Crippen LogP contribution in [0.1, 0.15) is 25.8 Å². The van der Waals surface area contributed by atoms with Crippen LogP contribution in [0.4, 0.5) is 5.82 Å². The van der Waals surface area contributed by atoms with Crippen LogP contribution in [-0.2, 0) is 26.4 Å². The van der Waals surface area contributed by atoms with E-state index < -0.39 is 5.79 Å². The quantitative estimate of drug-likeness (QED) is 0.694. The molecule has 2 aliphatic carbocycles. The number of benzene rings is 1. The smallest absolute Gasteiger partial charge is 0.166 e. The molecule has 0 spiro atoms. The van der Waals surface area contributed by atoms with E-state index in [1.807, 2.05) is 38.4 Å². The molecule has 3 heterocycles. The number of hydrogen-bond donors (Lipinski definition) is 1. The maximum absolute atomic E-state index is 6.43. The molecule has 1 saturated heterocycles. The summed E-state index contributed by atoms with van der Waals surface area (Å²) in [4.78, 5) is 13.0. The molecule has 3 aromatic rings. The molecule has 6 rings (SSSR count). The van der Waals surface area contributed by atoms with Gasteiger partial charge < -0.3 is 24.5 Å². The Hall–Kier alpha value is -2.55. The molecular formula is C22H25N5O3. The van der Waals surface area contributed by atoms with Gasteiger partial charge in [-0.3, -0.25) is 0 Å². The predicted molar refractivity (Wildman–Crippen MR) is 109 cm³/mol. The molecule has 0 bridgehead atoms. The van der Waals surface area contributed by atoms with Crippen molar-refractivity contribution in [1.82, 2.24) is 19.5 Å². The molecule has 0 amide bonds. The molecule has 2 aromatic heterocycles. The fourth-order valence-corrected chi connectivity index (χ4v) is 5.53. The second-order valence-corrected chi connectivity index (χ2v) is 9.03. The first-order chi connectivity index (χ1) is 14.5. The van der Waals surface area contributed by atoms with E-state index in [4.69, 9.17) is 19.9 Å². The Morgan fingerprint density at radius 1 is 1.17 bits per heavy atom. The molecule has 3 fully saturated rings. The van der Waals surface area contributed by atoms with Gasteiger partial charge >= 0.3 is 0 Å². The van der Waals surface area contributed by atoms with Crippen molar-refractivity contribution in [1.29, 1.82) is 0 Å². The average Bonchev–Trinajstić information content (AvgIpc) is 3.01. The number of rotatable bonds is 5. The van der Waals surface area contributed by atoms with Crippen LogP contribution in [0.3, 0.4) is 0 Å². The second kappa shape index (κ2) is 6.23. The van der Waals surface area contributed by atoms with Gasteiger partial charge in [-0.1, -0.05) is 30.3 Å². The topological polar surface area (TPSA) is 97.3 Å². The highest BCUT2D eigenvalue weighted by Gasteiger charge is 2.76. The Bertz CT molecular complexity index is 1100. The monoisotopic (exact) mass is 407 g/mol. The van der Waals surface area contributed by atoms with Crippen molar-refractivity contribution in [3.8, 4) is 0 Å². The Kier molecular flexibility index (Phi) is 3.79. The summed E-state index contributed by atoms with van der Waals surface area (Å²) in [7, 11) is 0. The van der Waals surface area contributed by atoms with E-state index >= 15 is 0 Å². The molecule has 1 aromatic carbocycles. The highest BCUT2D eigenvalue weighted by atomic mass is 16.8. The van der Waals surface area contributed by atoms with Gasteiger partial charge in [-0.05, 0) is 31.7 Å². The number of hydrogen-bond acceptors (Lipinski definition) is 7. The van der Waals surface area contributed by atoms with E-state index in [1.165, 1.54) is 11.9 Å². The molecule has 3 aliphatic rings. The molecule has 5 atom stereocenters. The summed E-state index contributed by atoms with van der Waals surface area (Å²) in [5, 5.41) is 0. The molecular weight excluding hydrogens is 382 g/mol. The van der Waals surface area contributed by atoms with Gasteiger partial charge in [-0.15, -0.1) is 0 Å². The van der Waals surface area contributed by atoms with Gasteiger partial charge in [-0.25, -0.2) is 15.0 Å². The lowest BCUT2D eigenvalue weighted by molar-refractivity contribution is -0.163. The van der Waals surface area contributed by atoms with E-state index in [0.29, 0.717) is 30.5 Å². The van der Waals surface area contributed by atoms with Crippen LogP contribution in [0, 0.1) is 11.8 Å². The lowest BCUT2D eigenvalue weighted by atomic mass is 10.0. The Morgan fingerprint density at radius 3 is 2.83 bits per heavy atom. The van der Waals surface area contributed by atoms with Crippen molar-refractivity contribution in [2.45, 2.75) is 50.4 Å². The highest BCUT2D eigenvalue weighted by molar-refractivity contribution is 5.81. The summed E-state index contributed by atoms with van der Waals surface area (Å²) >= 11 is 0. The van der Waals surface area contributed by atoms with E-state index in [1.54, 1.807) is 0 Å². The minimum Gasteiger partial charge on any atom is -0.382 e. The summed E-state index contributed by atoms with van der Waals surface area (Å²) in [6.45, 7) is 5.18. The Morgan fingerprint density at radius 2 is 2.00 bits per heavy atom. The summed E-state index contributed by atoms with van der Waals surface area (Å²) in [6, 6.07) is 10.2. The first-order valence-corrected chi connectivity index (χ1v) is 10.4. The average molecular weight is 407 g/mol. The van der Waals surface area contributed by atoms with Gasteiger partial charge in [0.1, 0.15) is 17.9 Å². The number of imidazole rings is 1. The van der Waals surface area contributed by atoms with Crippen LogP contribution in [0.5, 0.6) is 0 Å². The lowest BCUT2D eigenvalue weighted by Crippen LogP contribution is -2.37. The highest BCUT2D eigenvalue weighted by Crippen LogP contribution is 2.68. The SMILES string of the molecule is CC1(C)O[C@H]2[C@H](COCc3ccccc3)[C@H]3C[C@@]3(n3cnc4c(N)ncnc43)[C@H]2O1. The number of aromatic nitrogens is 4. The van der Waals surface area contributed by atoms with E-state index in [-0.39, 0.29) is 23.7 Å². The first kappa shape index (κ1) is 18.2. The molecule has 0 unspecified atom stereocenters. The third-order valence-electron chi connectivity index (χ3n) is 6.82. The van der Waals surface area contributed by atoms with Crippen LogP contribution in [-0.4, -0.2) is 44.1 Å². The zero-order valence-corrected chi connectivity index (χ0v) is 17.1. The van der Waals surface area contributed by atoms with Crippen molar-refractivity contribution < 1.29 is 14.2 Å². The van der Waals surface area contributed by atoms with Crippen LogP contribution < -0.4 is 5.73 Å². The van der Waals surface area contributed by atoms with Crippen molar-refractivity contribution >= 4 is 17.0 Å². The molecule has 156 valence electrons. The standard InChI is InChI=1S/C22H25N5O3/c1-21(2)29-17-14(10-28-9-13-6-4-3-5-7-13)15-8-22(15,18(17)30-21)27-12-26-16-19(23)24-11-25-20(16)27/h3-7,11-12,14-15,17-18H,8-10H2,1-2H3,(H2,23,24,25)/t14-,15-,17+,18+,22+/m1/s1. The van der Waals surface area contributed by atoms with E-state index in [9.17, 15) is 0 Å². The number of nitrogens with two attached hydrogens (primary N) is 1. The van der Waals surface area contributed by atoms with E-state index in [2.05, 4.69) is 31.7 Å². The summed E-state index contributed by atoms with van der Waals surface area (Å²) in [5.74, 6) is 0.400. The minimum absolute atomic E-state index is 0.0221. The lowest BCUT2D eigenvalue weighted by Gasteiger charge is -2.25. The molecule has 0 radical (unpaired) electrons. The maximum Gasteiger partial charge on any atom is 0.166 e. The van der Waals surface area contributed by atoms with Gasteiger partial charge in [0.05, 0.1) is 31.2 Å². The molecule has 2 N–H and O–H groups in total. The van der Waals surface area contributed by atoms with Gasteiger partial charge in [0, 0.05) is 5.92 Å². The number of fused-ring (bicyclic) bond motifs is 4. The van der Waals surface area contributed by atoms with Gasteiger partial charge in [0.2, 0.25) is 0 Å². The van der Waals surface area contributed by atoms with Crippen LogP contribution in [0.25, 0.3) is 11.2 Å². The molecule has 30 heavy (non-hydrogen) atoms. The minimum atomic E-state index is -0.627. The summed E-state index contributed by atoms with van der Waals surface area (Å²) in [5.41, 5.74) is 8.35. The third kappa shape index (κ3) is 2.54. The largest absolute Gasteiger partial charge is 0.382 e. The van der Waals surface area contributed by atoms with Crippen LogP contribution in [0.15, 0.2) is 43.0 Å². The maximum atomic E-state index is 6.43. The van der Waals surface area contributed by atoms with Gasteiger partial charge in [0.25, 0.3) is 0 Å². The van der Waals surface area contributed by atoms with Crippen molar-refractivity contribution in [3.05, 3.63) is 48.5 Å². The zero-order valence-electron chi connectivity index (χ0n) is 17.1. The zero-order chi connectivity index (χ0) is 20.5. The molecule has 1 aliphatic heterocycles. The van der Waals surface area contributed by atoms with Gasteiger partial charge in [-0.2, -0.15) is 0 Å². The number of anilines is 1. The normalized spacial score (nSPS) is 33.5. The van der Waals surface area contributed by atoms with Gasteiger partial charge in [0.15, 0.2) is 17.3 Å². The number of nitrogens with zero attached hydrogens (tertiary/aromatic N) is 4. The fourth-order valence-electron chi connectivity index (χ4n) is 5.53. The Labute approximate surface area is 174 Å². The molecule has 8 nitrogen and oxygen atoms in total. The van der Waals surface area contributed by atoms with Crippen LogP contribution >= 0.6 is 0 Å². The number of nitrogen functional groups attached to an aromatic ring is 1. The second-order valence-electron chi connectivity index (χ2n) is 9.03. The van der Waals surface area contributed by atoms with Crippen LogP contribution in [0.2, 0.25) is 0 Å². The first-order valence-electron chi connectivity index (χ1n) is 10.4. The van der Waals surface area contributed by atoms with Crippen molar-refractivity contribution in [3.63, 3.8) is 0 Å². The van der Waals surface area contributed by atoms with Crippen molar-refractivity contribution in [2.24, 2.45) is 11.8 Å². The molecule has 8 heteroatoms. The molecule has 2 saturated carbocycles. The Balaban J connectivity index is 1.31. The van der Waals surface area contributed by atoms with Crippen molar-refractivity contribution in [2.75, 3.05) is 12.3 Å². The predicted octanol–water partition coefficient (Wildman–Crippen LogP) is 2.49. The number of ether oxygens (including phenoxy) is 3.